The van der Waals surface area contributed by atoms with Crippen LogP contribution in [0.25, 0.3) is 0 Å². The van der Waals surface area contributed by atoms with Crippen molar-refractivity contribution in [2.75, 3.05) is 0 Å². The Hall–Kier alpha value is -0.830. The first-order valence-corrected chi connectivity index (χ1v) is 5.39. The molecule has 0 spiro atoms. The minimum Gasteiger partial charge on any atom is -0.393 e. The van der Waals surface area contributed by atoms with E-state index in [4.69, 9.17) is 0 Å². The van der Waals surface area contributed by atoms with Gasteiger partial charge in [-0.25, -0.2) is 0 Å². The summed E-state index contributed by atoms with van der Waals surface area (Å²) in [7, 11) is 0. The lowest BCUT2D eigenvalue weighted by atomic mass is 10.1. The molecule has 3 nitrogen and oxygen atoms in total. The van der Waals surface area contributed by atoms with Crippen LogP contribution in [0.4, 0.5) is 0 Å². The molecular weight excluding hydrogens is 176 g/mol. The Morgan fingerprint density at radius 2 is 2.14 bits per heavy atom. The molecule has 3 heteroatoms. The minimum atomic E-state index is -0.254. The van der Waals surface area contributed by atoms with Gasteiger partial charge in [-0.2, -0.15) is 5.10 Å². The molecule has 1 N–H and O–H groups in total. The molecule has 14 heavy (non-hydrogen) atoms. The second kappa shape index (κ2) is 5.15. The van der Waals surface area contributed by atoms with Gasteiger partial charge in [-0.3, -0.25) is 4.68 Å². The predicted octanol–water partition coefficient (Wildman–Crippen LogP) is 2.17. The number of aromatic nitrogens is 2. The summed E-state index contributed by atoms with van der Waals surface area (Å²) in [4.78, 5) is 0. The highest BCUT2D eigenvalue weighted by molar-refractivity contribution is 5.01. The third-order valence-corrected chi connectivity index (χ3v) is 2.62. The lowest BCUT2D eigenvalue weighted by Gasteiger charge is -2.08. The van der Waals surface area contributed by atoms with Gasteiger partial charge in [0, 0.05) is 18.7 Å². The van der Waals surface area contributed by atoms with Gasteiger partial charge in [0.15, 0.2) is 0 Å². The van der Waals surface area contributed by atoms with E-state index >= 15 is 0 Å². The summed E-state index contributed by atoms with van der Waals surface area (Å²) >= 11 is 0. The topological polar surface area (TPSA) is 38.0 Å². The molecule has 0 aliphatic heterocycles. The summed E-state index contributed by atoms with van der Waals surface area (Å²) in [5.74, 6) is 0. The molecule has 2 unspecified atom stereocenters. The maximum absolute atomic E-state index is 9.47. The fraction of sp³-hybridized carbons (Fsp3) is 0.727. The van der Waals surface area contributed by atoms with Crippen molar-refractivity contribution in [1.29, 1.82) is 0 Å². The van der Waals surface area contributed by atoms with E-state index in [2.05, 4.69) is 18.9 Å². The van der Waals surface area contributed by atoms with Crippen LogP contribution in [0.15, 0.2) is 12.3 Å². The van der Waals surface area contributed by atoms with Gasteiger partial charge in [-0.1, -0.05) is 13.8 Å². The van der Waals surface area contributed by atoms with E-state index in [1.807, 2.05) is 23.9 Å². The predicted molar refractivity (Wildman–Crippen MR) is 57.2 cm³/mol. The van der Waals surface area contributed by atoms with Crippen LogP contribution in [-0.4, -0.2) is 21.0 Å². The highest BCUT2D eigenvalue weighted by Crippen LogP contribution is 2.10. The normalized spacial score (nSPS) is 15.4. The van der Waals surface area contributed by atoms with Crippen LogP contribution in [0.3, 0.4) is 0 Å². The van der Waals surface area contributed by atoms with E-state index in [-0.39, 0.29) is 6.10 Å². The molecule has 0 aliphatic carbocycles. The average Bonchev–Trinajstić information content (AvgIpc) is 2.65. The van der Waals surface area contributed by atoms with E-state index < -0.39 is 0 Å². The van der Waals surface area contributed by atoms with Gasteiger partial charge in [0.2, 0.25) is 0 Å². The number of nitrogens with zero attached hydrogens (tertiary/aromatic N) is 2. The Kier molecular flexibility index (Phi) is 4.14. The van der Waals surface area contributed by atoms with Crippen molar-refractivity contribution < 1.29 is 5.11 Å². The second-order valence-electron chi connectivity index (χ2n) is 3.81. The van der Waals surface area contributed by atoms with Crippen LogP contribution < -0.4 is 0 Å². The van der Waals surface area contributed by atoms with Crippen LogP contribution in [0.5, 0.6) is 0 Å². The molecule has 0 aliphatic rings. The Morgan fingerprint density at radius 3 is 2.71 bits per heavy atom. The smallest absolute Gasteiger partial charge is 0.0650 e. The molecule has 2 atom stereocenters. The van der Waals surface area contributed by atoms with E-state index in [1.54, 1.807) is 0 Å². The lowest BCUT2D eigenvalue weighted by molar-refractivity contribution is 0.169. The quantitative estimate of drug-likeness (QED) is 0.783. The third kappa shape index (κ3) is 2.84. The molecule has 0 amide bonds. The number of hydrogen-bond acceptors (Lipinski definition) is 2. The molecule has 1 heterocycles. The largest absolute Gasteiger partial charge is 0.393 e. The molecule has 1 rings (SSSR count). The fourth-order valence-corrected chi connectivity index (χ4v) is 1.30. The highest BCUT2D eigenvalue weighted by Gasteiger charge is 2.07. The van der Waals surface area contributed by atoms with Crippen LogP contribution >= 0.6 is 0 Å². The molecule has 1 aromatic heterocycles. The van der Waals surface area contributed by atoms with Crippen LogP contribution in [0, 0.1) is 0 Å². The van der Waals surface area contributed by atoms with Gasteiger partial charge in [0.25, 0.3) is 0 Å². The molecule has 80 valence electrons. The zero-order valence-electron chi connectivity index (χ0n) is 9.27. The zero-order valence-corrected chi connectivity index (χ0v) is 9.27. The number of rotatable bonds is 5. The van der Waals surface area contributed by atoms with E-state index in [1.165, 1.54) is 0 Å². The van der Waals surface area contributed by atoms with Gasteiger partial charge >= 0.3 is 0 Å². The van der Waals surface area contributed by atoms with Crippen molar-refractivity contribution in [3.63, 3.8) is 0 Å². The summed E-state index contributed by atoms with van der Waals surface area (Å²) in [5, 5.41) is 13.9. The van der Waals surface area contributed by atoms with Crippen LogP contribution in [-0.2, 0) is 6.42 Å². The first-order chi connectivity index (χ1) is 6.67. The Labute approximate surface area is 85.8 Å². The molecule has 0 saturated heterocycles. The molecule has 0 bridgehead atoms. The standard InChI is InChI=1S/C11H20N2O/c1-4-9(3)13-7-6-10(12-13)8-11(14)5-2/h6-7,9,11,14H,4-5,8H2,1-3H3. The second-order valence-corrected chi connectivity index (χ2v) is 3.81. The monoisotopic (exact) mass is 196 g/mol. The Bertz CT molecular complexity index is 270. The van der Waals surface area contributed by atoms with Crippen molar-refractivity contribution >= 4 is 0 Å². The maximum Gasteiger partial charge on any atom is 0.0650 e. The van der Waals surface area contributed by atoms with Gasteiger partial charge in [0.1, 0.15) is 0 Å². The minimum absolute atomic E-state index is 0.254. The van der Waals surface area contributed by atoms with E-state index in [9.17, 15) is 5.11 Å². The molecule has 1 aromatic rings. The summed E-state index contributed by atoms with van der Waals surface area (Å²) in [6.07, 6.45) is 4.27. The fourth-order valence-electron chi connectivity index (χ4n) is 1.30. The van der Waals surface area contributed by atoms with Gasteiger partial charge in [0.05, 0.1) is 11.8 Å². The Morgan fingerprint density at radius 1 is 1.43 bits per heavy atom. The molecule has 0 radical (unpaired) electrons. The first kappa shape index (κ1) is 11.2. The van der Waals surface area contributed by atoms with Gasteiger partial charge in [-0.15, -0.1) is 0 Å². The average molecular weight is 196 g/mol. The maximum atomic E-state index is 9.47. The number of hydrogen-bond donors (Lipinski definition) is 1. The molecule has 0 saturated carbocycles. The van der Waals surface area contributed by atoms with Gasteiger partial charge < -0.3 is 5.11 Å². The van der Waals surface area contributed by atoms with E-state index in [0.29, 0.717) is 12.5 Å². The van der Waals surface area contributed by atoms with Crippen molar-refractivity contribution in [2.24, 2.45) is 0 Å². The summed E-state index contributed by atoms with van der Waals surface area (Å²) < 4.78 is 1.97. The first-order valence-electron chi connectivity index (χ1n) is 5.39. The van der Waals surface area contributed by atoms with Crippen molar-refractivity contribution in [3.8, 4) is 0 Å². The molecule has 0 aromatic carbocycles. The number of aliphatic hydroxyl groups excluding tert-OH is 1. The van der Waals surface area contributed by atoms with Gasteiger partial charge in [-0.05, 0) is 25.8 Å². The van der Waals surface area contributed by atoms with Crippen molar-refractivity contribution in [2.45, 2.75) is 52.2 Å². The lowest BCUT2D eigenvalue weighted by Crippen LogP contribution is -2.10. The van der Waals surface area contributed by atoms with Crippen LogP contribution in [0.1, 0.15) is 45.3 Å². The highest BCUT2D eigenvalue weighted by atomic mass is 16.3. The summed E-state index contributed by atoms with van der Waals surface area (Å²) in [6, 6.07) is 2.44. The Balaban J connectivity index is 2.59. The summed E-state index contributed by atoms with van der Waals surface area (Å²) in [6.45, 7) is 6.27. The van der Waals surface area contributed by atoms with Crippen molar-refractivity contribution in [1.82, 2.24) is 9.78 Å². The van der Waals surface area contributed by atoms with Crippen molar-refractivity contribution in [3.05, 3.63) is 18.0 Å². The third-order valence-electron chi connectivity index (χ3n) is 2.62. The molecular formula is C11H20N2O. The van der Waals surface area contributed by atoms with E-state index in [0.717, 1.165) is 18.5 Å². The summed E-state index contributed by atoms with van der Waals surface area (Å²) in [5.41, 5.74) is 0.986. The van der Waals surface area contributed by atoms with Crippen LogP contribution in [0.2, 0.25) is 0 Å². The zero-order chi connectivity index (χ0) is 10.6. The SMILES string of the molecule is CCC(O)Cc1ccn(C(C)CC)n1. The number of aliphatic hydroxyl groups is 1. The molecule has 0 fully saturated rings.